The summed E-state index contributed by atoms with van der Waals surface area (Å²) in [7, 11) is 1.69. The molecule has 0 radical (unpaired) electrons. The summed E-state index contributed by atoms with van der Waals surface area (Å²) >= 11 is 0. The van der Waals surface area contributed by atoms with Gasteiger partial charge >= 0.3 is 0 Å². The monoisotopic (exact) mass is 207 g/mol. The molecule has 84 valence electrons. The van der Waals surface area contributed by atoms with E-state index < -0.39 is 0 Å². The van der Waals surface area contributed by atoms with Crippen LogP contribution in [0.1, 0.15) is 25.8 Å². The van der Waals surface area contributed by atoms with Crippen molar-refractivity contribution in [2.24, 2.45) is 11.1 Å². The van der Waals surface area contributed by atoms with E-state index in [4.69, 9.17) is 10.5 Å². The predicted octanol–water partition coefficient (Wildman–Crippen LogP) is 2.61. The Morgan fingerprint density at radius 2 is 1.80 bits per heavy atom. The molecule has 0 saturated heterocycles. The van der Waals surface area contributed by atoms with E-state index in [1.165, 1.54) is 5.56 Å². The van der Waals surface area contributed by atoms with Gasteiger partial charge in [-0.15, -0.1) is 0 Å². The lowest BCUT2D eigenvalue weighted by Crippen LogP contribution is -2.23. The highest BCUT2D eigenvalue weighted by Gasteiger charge is 2.14. The minimum absolute atomic E-state index is 0.236. The normalized spacial score (nSPS) is 11.5. The molecule has 0 aliphatic carbocycles. The van der Waals surface area contributed by atoms with Gasteiger partial charge in [-0.2, -0.15) is 0 Å². The molecule has 2 N–H and O–H groups in total. The molecule has 0 unspecified atom stereocenters. The summed E-state index contributed by atoms with van der Waals surface area (Å²) in [6, 6.07) is 8.24. The third kappa shape index (κ3) is 3.92. The first-order valence-electron chi connectivity index (χ1n) is 5.40. The van der Waals surface area contributed by atoms with E-state index in [-0.39, 0.29) is 5.41 Å². The van der Waals surface area contributed by atoms with Crippen molar-refractivity contribution in [3.8, 4) is 5.75 Å². The minimum Gasteiger partial charge on any atom is -0.497 e. The number of aryl methyl sites for hydroxylation is 1. The second-order valence-electron chi connectivity index (χ2n) is 4.72. The Balaban J connectivity index is 2.51. The van der Waals surface area contributed by atoms with Gasteiger partial charge in [0.25, 0.3) is 0 Å². The topological polar surface area (TPSA) is 35.2 Å². The molecule has 15 heavy (non-hydrogen) atoms. The Kier molecular flexibility index (Phi) is 4.15. The standard InChI is InChI=1S/C13H21NO/c1-13(2,10-14)9-8-11-4-6-12(15-3)7-5-11/h4-7H,8-10,14H2,1-3H3. The molecule has 0 amide bonds. The maximum Gasteiger partial charge on any atom is 0.118 e. The molecule has 0 saturated carbocycles. The molecule has 0 bridgehead atoms. The van der Waals surface area contributed by atoms with Crippen molar-refractivity contribution in [2.45, 2.75) is 26.7 Å². The van der Waals surface area contributed by atoms with Crippen LogP contribution in [0.2, 0.25) is 0 Å². The van der Waals surface area contributed by atoms with Gasteiger partial charge in [0.15, 0.2) is 0 Å². The number of hydrogen-bond donors (Lipinski definition) is 1. The number of methoxy groups -OCH3 is 1. The Labute approximate surface area is 92.4 Å². The van der Waals surface area contributed by atoms with E-state index in [0.717, 1.165) is 25.1 Å². The first-order chi connectivity index (χ1) is 7.07. The van der Waals surface area contributed by atoms with Gasteiger partial charge in [0.1, 0.15) is 5.75 Å². The van der Waals surface area contributed by atoms with Gasteiger partial charge in [-0.25, -0.2) is 0 Å². The van der Waals surface area contributed by atoms with Crippen molar-refractivity contribution in [1.29, 1.82) is 0 Å². The fourth-order valence-electron chi connectivity index (χ4n) is 1.38. The lowest BCUT2D eigenvalue weighted by atomic mass is 9.86. The smallest absolute Gasteiger partial charge is 0.118 e. The maximum absolute atomic E-state index is 5.70. The minimum atomic E-state index is 0.236. The molecule has 1 rings (SSSR count). The van der Waals surface area contributed by atoms with E-state index in [9.17, 15) is 0 Å². The van der Waals surface area contributed by atoms with Crippen LogP contribution in [-0.4, -0.2) is 13.7 Å². The average Bonchev–Trinajstić information content (AvgIpc) is 2.27. The van der Waals surface area contributed by atoms with Crippen LogP contribution in [0.5, 0.6) is 5.75 Å². The zero-order valence-electron chi connectivity index (χ0n) is 9.92. The molecule has 1 aromatic carbocycles. The van der Waals surface area contributed by atoms with Crippen LogP contribution in [0.25, 0.3) is 0 Å². The highest BCUT2D eigenvalue weighted by molar-refractivity contribution is 5.27. The molecule has 0 fully saturated rings. The van der Waals surface area contributed by atoms with Crippen molar-refractivity contribution >= 4 is 0 Å². The van der Waals surface area contributed by atoms with Crippen LogP contribution >= 0.6 is 0 Å². The summed E-state index contributed by atoms with van der Waals surface area (Å²) in [6.07, 6.45) is 2.20. The van der Waals surface area contributed by atoms with Gasteiger partial charge in [-0.1, -0.05) is 26.0 Å². The summed E-state index contributed by atoms with van der Waals surface area (Å²) < 4.78 is 5.12. The molecular weight excluding hydrogens is 186 g/mol. The maximum atomic E-state index is 5.70. The van der Waals surface area contributed by atoms with Crippen molar-refractivity contribution in [2.75, 3.05) is 13.7 Å². The predicted molar refractivity (Wildman–Crippen MR) is 64.2 cm³/mol. The zero-order valence-corrected chi connectivity index (χ0v) is 9.92. The van der Waals surface area contributed by atoms with E-state index in [1.807, 2.05) is 12.1 Å². The molecule has 0 atom stereocenters. The summed E-state index contributed by atoms with van der Waals surface area (Å²) in [4.78, 5) is 0. The Morgan fingerprint density at radius 3 is 2.27 bits per heavy atom. The first-order valence-corrected chi connectivity index (χ1v) is 5.40. The highest BCUT2D eigenvalue weighted by atomic mass is 16.5. The van der Waals surface area contributed by atoms with E-state index in [0.29, 0.717) is 0 Å². The lowest BCUT2D eigenvalue weighted by molar-refractivity contribution is 0.348. The quantitative estimate of drug-likeness (QED) is 0.805. The van der Waals surface area contributed by atoms with Gasteiger partial charge in [-0.3, -0.25) is 0 Å². The number of nitrogens with two attached hydrogens (primary N) is 1. The summed E-state index contributed by atoms with van der Waals surface area (Å²) in [6.45, 7) is 5.15. The second-order valence-corrected chi connectivity index (χ2v) is 4.72. The third-order valence-corrected chi connectivity index (χ3v) is 2.80. The molecule has 1 aromatic rings. The molecule has 0 aliphatic heterocycles. The molecule has 2 heteroatoms. The van der Waals surface area contributed by atoms with E-state index >= 15 is 0 Å². The number of ether oxygens (including phenoxy) is 1. The largest absolute Gasteiger partial charge is 0.497 e. The molecule has 0 spiro atoms. The number of hydrogen-bond acceptors (Lipinski definition) is 2. The number of rotatable bonds is 5. The molecule has 0 aromatic heterocycles. The van der Waals surface area contributed by atoms with Crippen LogP contribution < -0.4 is 10.5 Å². The van der Waals surface area contributed by atoms with Crippen molar-refractivity contribution in [3.05, 3.63) is 29.8 Å². The van der Waals surface area contributed by atoms with Crippen molar-refractivity contribution in [3.63, 3.8) is 0 Å². The van der Waals surface area contributed by atoms with Gasteiger partial charge in [-0.05, 0) is 42.5 Å². The summed E-state index contributed by atoms with van der Waals surface area (Å²) in [5.41, 5.74) is 7.28. The molecule has 0 aliphatic rings. The molecule has 0 heterocycles. The van der Waals surface area contributed by atoms with E-state index in [2.05, 4.69) is 26.0 Å². The Bertz CT molecular complexity index is 290. The van der Waals surface area contributed by atoms with Crippen LogP contribution in [0.4, 0.5) is 0 Å². The van der Waals surface area contributed by atoms with Gasteiger partial charge < -0.3 is 10.5 Å². The van der Waals surface area contributed by atoms with E-state index in [1.54, 1.807) is 7.11 Å². The van der Waals surface area contributed by atoms with Crippen LogP contribution in [-0.2, 0) is 6.42 Å². The first kappa shape index (κ1) is 12.1. The average molecular weight is 207 g/mol. The second kappa shape index (κ2) is 5.17. The van der Waals surface area contributed by atoms with Crippen LogP contribution in [0.3, 0.4) is 0 Å². The van der Waals surface area contributed by atoms with Crippen molar-refractivity contribution in [1.82, 2.24) is 0 Å². The zero-order chi connectivity index (χ0) is 11.3. The van der Waals surface area contributed by atoms with Gasteiger partial charge in [0.2, 0.25) is 0 Å². The fourth-order valence-corrected chi connectivity index (χ4v) is 1.38. The number of benzene rings is 1. The van der Waals surface area contributed by atoms with Crippen LogP contribution in [0.15, 0.2) is 24.3 Å². The van der Waals surface area contributed by atoms with Gasteiger partial charge in [0.05, 0.1) is 7.11 Å². The SMILES string of the molecule is COc1ccc(CCC(C)(C)CN)cc1. The summed E-state index contributed by atoms with van der Waals surface area (Å²) in [5.74, 6) is 0.914. The highest BCUT2D eigenvalue weighted by Crippen LogP contribution is 2.22. The Hall–Kier alpha value is -1.02. The van der Waals surface area contributed by atoms with Crippen molar-refractivity contribution < 1.29 is 4.74 Å². The third-order valence-electron chi connectivity index (χ3n) is 2.80. The molecule has 2 nitrogen and oxygen atoms in total. The molecular formula is C13H21NO. The summed E-state index contributed by atoms with van der Waals surface area (Å²) in [5, 5.41) is 0. The lowest BCUT2D eigenvalue weighted by Gasteiger charge is -2.21. The fraction of sp³-hybridized carbons (Fsp3) is 0.538. The Morgan fingerprint density at radius 1 is 1.20 bits per heavy atom. The van der Waals surface area contributed by atoms with Gasteiger partial charge in [0, 0.05) is 0 Å². The van der Waals surface area contributed by atoms with Crippen LogP contribution in [0, 0.1) is 5.41 Å².